The Kier molecular flexibility index (Phi) is 5.25. The largest absolute Gasteiger partial charge is 0.459 e. The Labute approximate surface area is 114 Å². The summed E-state index contributed by atoms with van der Waals surface area (Å²) in [6, 6.07) is 3.25. The molecule has 0 fully saturated rings. The molecule has 3 N–H and O–H groups in total. The predicted octanol–water partition coefficient (Wildman–Crippen LogP) is 2.09. The van der Waals surface area contributed by atoms with Gasteiger partial charge in [-0.3, -0.25) is 0 Å². The first-order valence-corrected chi connectivity index (χ1v) is 5.82. The second kappa shape index (κ2) is 6.47. The van der Waals surface area contributed by atoms with Crippen LogP contribution >= 0.6 is 23.2 Å². The highest BCUT2D eigenvalue weighted by Crippen LogP contribution is 2.21. The number of benzene rings is 1. The van der Waals surface area contributed by atoms with Crippen molar-refractivity contribution in [3.8, 4) is 0 Å². The number of carbonyl (C=O) groups is 2. The van der Waals surface area contributed by atoms with Gasteiger partial charge in [0.05, 0.1) is 0 Å². The van der Waals surface area contributed by atoms with E-state index >= 15 is 0 Å². The van der Waals surface area contributed by atoms with Gasteiger partial charge in [0.1, 0.15) is 12.6 Å². The summed E-state index contributed by atoms with van der Waals surface area (Å²) in [6.07, 6.45) is 0. The summed E-state index contributed by atoms with van der Waals surface area (Å²) in [5, 5.41) is 3.12. The zero-order valence-corrected chi connectivity index (χ0v) is 11.1. The van der Waals surface area contributed by atoms with Gasteiger partial charge in [-0.15, -0.1) is 0 Å². The van der Waals surface area contributed by atoms with Crippen molar-refractivity contribution in [2.24, 2.45) is 5.73 Å². The molecule has 0 heterocycles. The van der Waals surface area contributed by atoms with Crippen molar-refractivity contribution in [2.45, 2.75) is 19.6 Å². The molecule has 1 rings (SSSR count). The minimum absolute atomic E-state index is 0.000380. The summed E-state index contributed by atoms with van der Waals surface area (Å²) in [7, 11) is 0. The van der Waals surface area contributed by atoms with Gasteiger partial charge in [0, 0.05) is 15.6 Å². The van der Waals surface area contributed by atoms with Crippen LogP contribution in [0.4, 0.5) is 4.79 Å². The molecule has 7 heteroatoms. The fourth-order valence-corrected chi connectivity index (χ4v) is 1.65. The van der Waals surface area contributed by atoms with Gasteiger partial charge >= 0.3 is 12.0 Å². The molecule has 0 spiro atoms. The molecule has 2 amide bonds. The monoisotopic (exact) mass is 290 g/mol. The Morgan fingerprint density at radius 1 is 1.44 bits per heavy atom. The molecule has 1 atom stereocenters. The SMILES string of the molecule is C[C@H](NC(N)=O)C(=O)OCc1ccc(Cl)cc1Cl. The number of primary amides is 1. The summed E-state index contributed by atoms with van der Waals surface area (Å²) in [5.41, 5.74) is 5.51. The molecule has 0 unspecified atom stereocenters. The zero-order valence-electron chi connectivity index (χ0n) is 9.57. The first-order valence-electron chi connectivity index (χ1n) is 5.06. The molecule has 0 saturated heterocycles. The summed E-state index contributed by atoms with van der Waals surface area (Å²) >= 11 is 11.6. The van der Waals surface area contributed by atoms with Crippen molar-refractivity contribution in [3.63, 3.8) is 0 Å². The van der Waals surface area contributed by atoms with Crippen molar-refractivity contribution in [1.29, 1.82) is 0 Å². The molecule has 0 radical (unpaired) electrons. The van der Waals surface area contributed by atoms with Gasteiger partial charge in [0.25, 0.3) is 0 Å². The molecule has 0 bridgehead atoms. The van der Waals surface area contributed by atoms with E-state index in [0.717, 1.165) is 0 Å². The van der Waals surface area contributed by atoms with Gasteiger partial charge in [-0.05, 0) is 19.1 Å². The second-order valence-electron chi connectivity index (χ2n) is 3.57. The molecule has 0 saturated carbocycles. The van der Waals surface area contributed by atoms with E-state index in [1.54, 1.807) is 18.2 Å². The van der Waals surface area contributed by atoms with Crippen LogP contribution < -0.4 is 11.1 Å². The zero-order chi connectivity index (χ0) is 13.7. The number of urea groups is 1. The van der Waals surface area contributed by atoms with Crippen LogP contribution in [0.1, 0.15) is 12.5 Å². The van der Waals surface area contributed by atoms with Gasteiger partial charge in [-0.1, -0.05) is 29.3 Å². The third kappa shape index (κ3) is 4.43. The maximum atomic E-state index is 11.5. The smallest absolute Gasteiger partial charge is 0.328 e. The maximum absolute atomic E-state index is 11.5. The second-order valence-corrected chi connectivity index (χ2v) is 4.42. The molecule has 0 aliphatic carbocycles. The van der Waals surface area contributed by atoms with E-state index in [9.17, 15) is 9.59 Å². The van der Waals surface area contributed by atoms with E-state index in [-0.39, 0.29) is 6.61 Å². The molecule has 1 aromatic rings. The van der Waals surface area contributed by atoms with Crippen LogP contribution in [-0.2, 0) is 16.1 Å². The van der Waals surface area contributed by atoms with Gasteiger partial charge in [-0.2, -0.15) is 0 Å². The van der Waals surface area contributed by atoms with E-state index in [1.165, 1.54) is 6.92 Å². The molecule has 0 aliphatic rings. The van der Waals surface area contributed by atoms with Crippen LogP contribution in [0, 0.1) is 0 Å². The minimum atomic E-state index is -0.812. The van der Waals surface area contributed by atoms with Gasteiger partial charge in [0.2, 0.25) is 0 Å². The highest BCUT2D eigenvalue weighted by atomic mass is 35.5. The van der Waals surface area contributed by atoms with Crippen molar-refractivity contribution < 1.29 is 14.3 Å². The van der Waals surface area contributed by atoms with Crippen LogP contribution in [0.25, 0.3) is 0 Å². The maximum Gasteiger partial charge on any atom is 0.328 e. The Morgan fingerprint density at radius 3 is 2.67 bits per heavy atom. The Bertz CT molecular complexity index is 466. The van der Waals surface area contributed by atoms with Crippen LogP contribution in [0.3, 0.4) is 0 Å². The van der Waals surface area contributed by atoms with Gasteiger partial charge < -0.3 is 15.8 Å². The highest BCUT2D eigenvalue weighted by Gasteiger charge is 2.16. The van der Waals surface area contributed by atoms with E-state index < -0.39 is 18.0 Å². The van der Waals surface area contributed by atoms with E-state index in [2.05, 4.69) is 5.32 Å². The molecule has 0 aliphatic heterocycles. The summed E-state index contributed by atoms with van der Waals surface area (Å²) in [6.45, 7) is 1.47. The Morgan fingerprint density at radius 2 is 2.11 bits per heavy atom. The quantitative estimate of drug-likeness (QED) is 0.833. The van der Waals surface area contributed by atoms with Crippen molar-refractivity contribution in [3.05, 3.63) is 33.8 Å². The van der Waals surface area contributed by atoms with Crippen LogP contribution in [0.5, 0.6) is 0 Å². The number of hydrogen-bond donors (Lipinski definition) is 2. The molecule has 18 heavy (non-hydrogen) atoms. The van der Waals surface area contributed by atoms with E-state index in [0.29, 0.717) is 15.6 Å². The number of nitrogens with one attached hydrogen (secondary N) is 1. The van der Waals surface area contributed by atoms with Crippen molar-refractivity contribution in [1.82, 2.24) is 5.32 Å². The van der Waals surface area contributed by atoms with Crippen molar-refractivity contribution in [2.75, 3.05) is 0 Å². The fraction of sp³-hybridized carbons (Fsp3) is 0.273. The normalized spacial score (nSPS) is 11.7. The lowest BCUT2D eigenvalue weighted by Crippen LogP contribution is -2.42. The molecule has 1 aromatic carbocycles. The number of carbonyl (C=O) groups excluding carboxylic acids is 2. The van der Waals surface area contributed by atoms with Crippen molar-refractivity contribution >= 4 is 35.2 Å². The number of hydrogen-bond acceptors (Lipinski definition) is 3. The van der Waals surface area contributed by atoms with Gasteiger partial charge in [0.15, 0.2) is 0 Å². The lowest BCUT2D eigenvalue weighted by molar-refractivity contribution is -0.146. The molecular weight excluding hydrogens is 279 g/mol. The fourth-order valence-electron chi connectivity index (χ4n) is 1.18. The Hall–Kier alpha value is -1.46. The summed E-state index contributed by atoms with van der Waals surface area (Å²) in [4.78, 5) is 22.0. The first-order chi connectivity index (χ1) is 8.40. The van der Waals surface area contributed by atoms with E-state index in [4.69, 9.17) is 33.7 Å². The number of halogens is 2. The number of ether oxygens (including phenoxy) is 1. The summed E-state index contributed by atoms with van der Waals surface area (Å²) < 4.78 is 4.97. The number of esters is 1. The van der Waals surface area contributed by atoms with Crippen LogP contribution in [-0.4, -0.2) is 18.0 Å². The molecule has 98 valence electrons. The minimum Gasteiger partial charge on any atom is -0.459 e. The first kappa shape index (κ1) is 14.6. The highest BCUT2D eigenvalue weighted by molar-refractivity contribution is 6.35. The van der Waals surface area contributed by atoms with Gasteiger partial charge in [-0.25, -0.2) is 9.59 Å². The van der Waals surface area contributed by atoms with E-state index in [1.807, 2.05) is 0 Å². The van der Waals surface area contributed by atoms with Crippen LogP contribution in [0.2, 0.25) is 10.0 Å². The predicted molar refractivity (Wildman–Crippen MR) is 68.4 cm³/mol. The number of nitrogens with two attached hydrogens (primary N) is 1. The average Bonchev–Trinajstić information content (AvgIpc) is 2.26. The average molecular weight is 291 g/mol. The lowest BCUT2D eigenvalue weighted by atomic mass is 10.2. The summed E-state index contributed by atoms with van der Waals surface area (Å²) in [5.74, 6) is -0.597. The molecule has 5 nitrogen and oxygen atoms in total. The molecular formula is C11H12Cl2N2O3. The number of rotatable bonds is 4. The van der Waals surface area contributed by atoms with Crippen LogP contribution in [0.15, 0.2) is 18.2 Å². The third-order valence-corrected chi connectivity index (χ3v) is 2.68. The third-order valence-electron chi connectivity index (χ3n) is 2.10. The Balaban J connectivity index is 2.54. The standard InChI is InChI=1S/C11H12Cl2N2O3/c1-6(15-11(14)17)10(16)18-5-7-2-3-8(12)4-9(7)13/h2-4,6H,5H2,1H3,(H3,14,15,17)/t6-/m0/s1. The molecule has 0 aromatic heterocycles. The number of amides is 2. The topological polar surface area (TPSA) is 81.4 Å². The lowest BCUT2D eigenvalue weighted by Gasteiger charge is -2.12.